The van der Waals surface area contributed by atoms with Gasteiger partial charge in [-0.05, 0) is 73.8 Å². The summed E-state index contributed by atoms with van der Waals surface area (Å²) in [5.74, 6) is -0.0421. The minimum Gasteiger partial charge on any atom is -0.374 e. The molecule has 0 aliphatic carbocycles. The normalized spacial score (nSPS) is 18.0. The summed E-state index contributed by atoms with van der Waals surface area (Å²) in [5, 5.41) is 3.80. The van der Waals surface area contributed by atoms with Gasteiger partial charge in [0.15, 0.2) is 0 Å². The van der Waals surface area contributed by atoms with E-state index in [2.05, 4.69) is 40.4 Å². The number of rotatable bonds is 5. The molecule has 0 bridgehead atoms. The summed E-state index contributed by atoms with van der Waals surface area (Å²) in [6.07, 6.45) is 4.86. The smallest absolute Gasteiger partial charge is 0.251 e. The number of carbonyl (C=O) groups excluding carboxylic acids is 1. The van der Waals surface area contributed by atoms with E-state index in [1.807, 2.05) is 0 Å². The van der Waals surface area contributed by atoms with Gasteiger partial charge in [-0.3, -0.25) is 9.69 Å². The predicted molar refractivity (Wildman–Crippen MR) is 115 cm³/mol. The third-order valence-electron chi connectivity index (χ3n) is 6.01. The molecule has 2 aromatic carbocycles. The number of nitrogens with zero attached hydrogens (tertiary/aromatic N) is 2. The molecule has 148 valence electrons. The van der Waals surface area contributed by atoms with E-state index in [0.717, 1.165) is 26.1 Å². The second-order valence-corrected chi connectivity index (χ2v) is 8.33. The Balaban J connectivity index is 1.52. The highest BCUT2D eigenvalue weighted by Gasteiger charge is 2.25. The summed E-state index contributed by atoms with van der Waals surface area (Å²) in [7, 11) is 2.15. The molecule has 2 aromatic rings. The third-order valence-corrected chi connectivity index (χ3v) is 6.26. The van der Waals surface area contributed by atoms with Gasteiger partial charge >= 0.3 is 0 Å². The Hall–Kier alpha value is -2.04. The molecule has 0 saturated carbocycles. The second kappa shape index (κ2) is 8.54. The average Bonchev–Trinajstić information content (AvgIpc) is 3.10. The Morgan fingerprint density at radius 3 is 2.57 bits per heavy atom. The van der Waals surface area contributed by atoms with Crippen molar-refractivity contribution in [1.29, 1.82) is 0 Å². The number of benzene rings is 2. The molecule has 5 heteroatoms. The van der Waals surface area contributed by atoms with Gasteiger partial charge in [0.1, 0.15) is 0 Å². The largest absolute Gasteiger partial charge is 0.374 e. The molecular formula is C23H28ClN3O. The van der Waals surface area contributed by atoms with Crippen molar-refractivity contribution in [2.24, 2.45) is 0 Å². The Bertz CT molecular complexity index is 830. The topological polar surface area (TPSA) is 35.6 Å². The van der Waals surface area contributed by atoms with Crippen LogP contribution in [-0.2, 0) is 6.42 Å². The van der Waals surface area contributed by atoms with Gasteiger partial charge in [0.2, 0.25) is 0 Å². The van der Waals surface area contributed by atoms with Crippen molar-refractivity contribution < 1.29 is 4.79 Å². The quantitative estimate of drug-likeness (QED) is 0.817. The molecular weight excluding hydrogens is 370 g/mol. The lowest BCUT2D eigenvalue weighted by Gasteiger charge is -2.35. The van der Waals surface area contributed by atoms with Crippen molar-refractivity contribution >= 4 is 23.2 Å². The lowest BCUT2D eigenvalue weighted by Crippen LogP contribution is -2.40. The molecule has 0 radical (unpaired) electrons. The van der Waals surface area contributed by atoms with Gasteiger partial charge in [-0.25, -0.2) is 0 Å². The maximum Gasteiger partial charge on any atom is 0.251 e. The van der Waals surface area contributed by atoms with Gasteiger partial charge in [-0.15, -0.1) is 0 Å². The van der Waals surface area contributed by atoms with Crippen LogP contribution in [0.5, 0.6) is 0 Å². The fraction of sp³-hybridized carbons (Fsp3) is 0.435. The summed E-state index contributed by atoms with van der Waals surface area (Å²) >= 11 is 5.94. The number of piperidine rings is 1. The molecule has 1 amide bonds. The van der Waals surface area contributed by atoms with Gasteiger partial charge in [-0.2, -0.15) is 0 Å². The van der Waals surface area contributed by atoms with E-state index in [9.17, 15) is 4.79 Å². The Kier molecular flexibility index (Phi) is 5.88. The van der Waals surface area contributed by atoms with E-state index in [1.165, 1.54) is 36.1 Å². The molecule has 0 aromatic heterocycles. The molecule has 1 unspecified atom stereocenters. The molecule has 0 spiro atoms. The van der Waals surface area contributed by atoms with Crippen LogP contribution in [0.15, 0.2) is 42.5 Å². The van der Waals surface area contributed by atoms with Crippen LogP contribution in [0.25, 0.3) is 0 Å². The van der Waals surface area contributed by atoms with E-state index >= 15 is 0 Å². The molecule has 1 fully saturated rings. The standard InChI is InChI=1S/C23H28ClN3O/c1-26-14-11-19-15-18(7-10-21(19)26)22(27-12-3-2-4-13-27)16-25-23(28)17-5-8-20(24)9-6-17/h5-10,15,22H,2-4,11-14,16H2,1H3,(H,25,28). The maximum absolute atomic E-state index is 12.6. The van der Waals surface area contributed by atoms with E-state index in [0.29, 0.717) is 17.1 Å². The third kappa shape index (κ3) is 4.18. The van der Waals surface area contributed by atoms with E-state index in [-0.39, 0.29) is 11.9 Å². The van der Waals surface area contributed by atoms with Crippen LogP contribution in [0.1, 0.15) is 46.8 Å². The molecule has 4 nitrogen and oxygen atoms in total. The number of amides is 1. The zero-order chi connectivity index (χ0) is 19.5. The first kappa shape index (κ1) is 19.3. The number of nitrogens with one attached hydrogen (secondary N) is 1. The fourth-order valence-corrected chi connectivity index (χ4v) is 4.50. The predicted octanol–water partition coefficient (Wildman–Crippen LogP) is 4.29. The summed E-state index contributed by atoms with van der Waals surface area (Å²) in [6.45, 7) is 3.90. The van der Waals surface area contributed by atoms with Crippen LogP contribution < -0.4 is 10.2 Å². The minimum atomic E-state index is -0.0421. The van der Waals surface area contributed by atoms with Crippen LogP contribution in [0.3, 0.4) is 0 Å². The lowest BCUT2D eigenvalue weighted by molar-refractivity contribution is 0.0924. The van der Waals surface area contributed by atoms with Gasteiger partial charge < -0.3 is 10.2 Å². The zero-order valence-electron chi connectivity index (χ0n) is 16.5. The molecule has 28 heavy (non-hydrogen) atoms. The SMILES string of the molecule is CN1CCc2cc(C(CNC(=O)c3ccc(Cl)cc3)N3CCCCC3)ccc21. The number of anilines is 1. The number of likely N-dealkylation sites (tertiary alicyclic amines) is 1. The lowest BCUT2D eigenvalue weighted by atomic mass is 9.98. The first-order chi connectivity index (χ1) is 13.6. The second-order valence-electron chi connectivity index (χ2n) is 7.89. The molecule has 1 N–H and O–H groups in total. The molecule has 4 rings (SSSR count). The molecule has 1 saturated heterocycles. The highest BCUT2D eigenvalue weighted by molar-refractivity contribution is 6.30. The summed E-state index contributed by atoms with van der Waals surface area (Å²) < 4.78 is 0. The van der Waals surface area contributed by atoms with Crippen molar-refractivity contribution in [2.75, 3.05) is 38.1 Å². The average molecular weight is 398 g/mol. The molecule has 2 aliphatic rings. The number of fused-ring (bicyclic) bond motifs is 1. The number of carbonyl (C=O) groups is 1. The Morgan fingerprint density at radius 2 is 1.82 bits per heavy atom. The first-order valence-electron chi connectivity index (χ1n) is 10.2. The van der Waals surface area contributed by atoms with Crippen molar-refractivity contribution in [3.8, 4) is 0 Å². The Labute approximate surface area is 172 Å². The van der Waals surface area contributed by atoms with E-state index in [4.69, 9.17) is 11.6 Å². The van der Waals surface area contributed by atoms with Crippen LogP contribution in [0.2, 0.25) is 5.02 Å². The summed E-state index contributed by atoms with van der Waals surface area (Å²) in [6, 6.07) is 14.1. The van der Waals surface area contributed by atoms with Crippen molar-refractivity contribution in [3.63, 3.8) is 0 Å². The van der Waals surface area contributed by atoms with Crippen LogP contribution in [0, 0.1) is 0 Å². The van der Waals surface area contributed by atoms with Crippen molar-refractivity contribution in [2.45, 2.75) is 31.7 Å². The summed E-state index contributed by atoms with van der Waals surface area (Å²) in [4.78, 5) is 17.5. The molecule has 2 aliphatic heterocycles. The highest BCUT2D eigenvalue weighted by atomic mass is 35.5. The van der Waals surface area contributed by atoms with Gasteiger partial charge in [0.05, 0.1) is 6.04 Å². The summed E-state index contributed by atoms with van der Waals surface area (Å²) in [5.41, 5.74) is 4.72. The molecule has 1 atom stereocenters. The number of halogens is 1. The van der Waals surface area contributed by atoms with Gasteiger partial charge in [0, 0.05) is 36.4 Å². The Morgan fingerprint density at radius 1 is 1.07 bits per heavy atom. The first-order valence-corrected chi connectivity index (χ1v) is 10.6. The highest BCUT2D eigenvalue weighted by Crippen LogP contribution is 2.32. The zero-order valence-corrected chi connectivity index (χ0v) is 17.2. The van der Waals surface area contributed by atoms with Crippen molar-refractivity contribution in [1.82, 2.24) is 10.2 Å². The van der Waals surface area contributed by atoms with Gasteiger partial charge in [-0.1, -0.05) is 30.2 Å². The van der Waals surface area contributed by atoms with E-state index < -0.39 is 0 Å². The number of hydrogen-bond acceptors (Lipinski definition) is 3. The monoisotopic (exact) mass is 397 g/mol. The van der Waals surface area contributed by atoms with Gasteiger partial charge in [0.25, 0.3) is 5.91 Å². The van der Waals surface area contributed by atoms with Crippen LogP contribution in [-0.4, -0.2) is 44.0 Å². The van der Waals surface area contributed by atoms with Crippen LogP contribution >= 0.6 is 11.6 Å². The number of hydrogen-bond donors (Lipinski definition) is 1. The fourth-order valence-electron chi connectivity index (χ4n) is 4.37. The maximum atomic E-state index is 12.6. The van der Waals surface area contributed by atoms with E-state index in [1.54, 1.807) is 24.3 Å². The van der Waals surface area contributed by atoms with Crippen LogP contribution in [0.4, 0.5) is 5.69 Å². The minimum absolute atomic E-state index is 0.0421. The number of likely N-dealkylation sites (N-methyl/N-ethyl adjacent to an activating group) is 1. The molecule has 2 heterocycles. The van der Waals surface area contributed by atoms with Crippen molar-refractivity contribution in [3.05, 3.63) is 64.2 Å².